The van der Waals surface area contributed by atoms with Crippen LogP contribution in [0.25, 0.3) is 0 Å². The summed E-state index contributed by atoms with van der Waals surface area (Å²) in [5.41, 5.74) is 1.10. The predicted octanol–water partition coefficient (Wildman–Crippen LogP) is 1.40. The molecule has 0 aromatic carbocycles. The van der Waals surface area contributed by atoms with Gasteiger partial charge in [-0.2, -0.15) is 11.3 Å². The molecule has 0 bridgehead atoms. The van der Waals surface area contributed by atoms with Gasteiger partial charge in [-0.3, -0.25) is 4.79 Å². The van der Waals surface area contributed by atoms with Crippen molar-refractivity contribution in [2.24, 2.45) is 0 Å². The highest BCUT2D eigenvalue weighted by atomic mass is 32.1. The van der Waals surface area contributed by atoms with Crippen LogP contribution in [0.5, 0.6) is 0 Å². The summed E-state index contributed by atoms with van der Waals surface area (Å²) in [6.45, 7) is 1.45. The average molecular weight is 274 g/mol. The van der Waals surface area contributed by atoms with Crippen LogP contribution in [-0.4, -0.2) is 39.9 Å². The van der Waals surface area contributed by atoms with E-state index in [2.05, 4.69) is 15.3 Å². The lowest BCUT2D eigenvalue weighted by Crippen LogP contribution is -2.57. The number of hydrogen-bond acceptors (Lipinski definition) is 5. The molecule has 1 N–H and O–H groups in total. The first-order chi connectivity index (χ1) is 9.31. The van der Waals surface area contributed by atoms with Crippen LogP contribution in [0, 0.1) is 0 Å². The summed E-state index contributed by atoms with van der Waals surface area (Å²) < 4.78 is 0. The van der Waals surface area contributed by atoms with E-state index in [1.165, 1.54) is 0 Å². The SMILES string of the molecule is O=C(Cc1ccsc1)N1CC(Nc2ncccn2)C1. The molecule has 5 nitrogen and oxygen atoms in total. The highest BCUT2D eigenvalue weighted by Gasteiger charge is 2.30. The maximum Gasteiger partial charge on any atom is 0.227 e. The average Bonchev–Trinajstić information content (AvgIpc) is 2.87. The van der Waals surface area contributed by atoms with Gasteiger partial charge in [-0.1, -0.05) is 0 Å². The van der Waals surface area contributed by atoms with Gasteiger partial charge in [0.15, 0.2) is 0 Å². The Morgan fingerprint density at radius 3 is 2.89 bits per heavy atom. The van der Waals surface area contributed by atoms with Crippen LogP contribution in [0.1, 0.15) is 5.56 Å². The number of carbonyl (C=O) groups is 1. The van der Waals surface area contributed by atoms with Crippen molar-refractivity contribution in [2.45, 2.75) is 12.5 Å². The highest BCUT2D eigenvalue weighted by molar-refractivity contribution is 7.07. The summed E-state index contributed by atoms with van der Waals surface area (Å²) in [7, 11) is 0. The molecule has 0 atom stereocenters. The minimum absolute atomic E-state index is 0.186. The van der Waals surface area contributed by atoms with Crippen LogP contribution in [0.4, 0.5) is 5.95 Å². The number of anilines is 1. The number of amides is 1. The molecule has 2 aromatic rings. The van der Waals surface area contributed by atoms with Crippen molar-refractivity contribution in [3.05, 3.63) is 40.8 Å². The fourth-order valence-corrected chi connectivity index (χ4v) is 2.68. The molecule has 19 heavy (non-hydrogen) atoms. The number of carbonyl (C=O) groups excluding carboxylic acids is 1. The van der Waals surface area contributed by atoms with Gasteiger partial charge in [0.2, 0.25) is 11.9 Å². The zero-order valence-corrected chi connectivity index (χ0v) is 11.1. The molecule has 1 fully saturated rings. The van der Waals surface area contributed by atoms with Crippen LogP contribution in [-0.2, 0) is 11.2 Å². The van der Waals surface area contributed by atoms with Crippen LogP contribution < -0.4 is 5.32 Å². The van der Waals surface area contributed by atoms with Gasteiger partial charge in [0.05, 0.1) is 12.5 Å². The first-order valence-corrected chi connectivity index (χ1v) is 7.08. The second kappa shape index (κ2) is 5.36. The number of thiophene rings is 1. The van der Waals surface area contributed by atoms with Crippen molar-refractivity contribution in [1.82, 2.24) is 14.9 Å². The van der Waals surface area contributed by atoms with E-state index in [0.29, 0.717) is 12.4 Å². The highest BCUT2D eigenvalue weighted by Crippen LogP contribution is 2.15. The molecule has 3 rings (SSSR count). The lowest BCUT2D eigenvalue weighted by molar-refractivity contribution is -0.134. The van der Waals surface area contributed by atoms with E-state index in [0.717, 1.165) is 18.7 Å². The van der Waals surface area contributed by atoms with Gasteiger partial charge < -0.3 is 10.2 Å². The smallest absolute Gasteiger partial charge is 0.227 e. The quantitative estimate of drug-likeness (QED) is 0.915. The Kier molecular flexibility index (Phi) is 3.41. The summed E-state index contributed by atoms with van der Waals surface area (Å²) in [5.74, 6) is 0.808. The van der Waals surface area contributed by atoms with Gasteiger partial charge in [0.1, 0.15) is 0 Å². The van der Waals surface area contributed by atoms with Crippen LogP contribution in [0.2, 0.25) is 0 Å². The summed E-state index contributed by atoms with van der Waals surface area (Å²) in [4.78, 5) is 22.0. The first-order valence-electron chi connectivity index (χ1n) is 6.13. The lowest BCUT2D eigenvalue weighted by atomic mass is 10.1. The van der Waals surface area contributed by atoms with Crippen molar-refractivity contribution >= 4 is 23.2 Å². The van der Waals surface area contributed by atoms with Crippen LogP contribution >= 0.6 is 11.3 Å². The van der Waals surface area contributed by atoms with Crippen molar-refractivity contribution < 1.29 is 4.79 Å². The second-order valence-electron chi connectivity index (χ2n) is 4.52. The molecule has 98 valence electrons. The lowest BCUT2D eigenvalue weighted by Gasteiger charge is -2.39. The first kappa shape index (κ1) is 12.1. The normalized spacial score (nSPS) is 15.1. The molecule has 0 aliphatic carbocycles. The molecular weight excluding hydrogens is 260 g/mol. The Balaban J connectivity index is 1.46. The molecule has 2 aromatic heterocycles. The Morgan fingerprint density at radius 2 is 2.21 bits per heavy atom. The minimum Gasteiger partial charge on any atom is -0.348 e. The van der Waals surface area contributed by atoms with Crippen molar-refractivity contribution in [3.63, 3.8) is 0 Å². The third kappa shape index (κ3) is 2.90. The third-order valence-corrected chi connectivity index (χ3v) is 3.80. The molecule has 3 heterocycles. The monoisotopic (exact) mass is 274 g/mol. The maximum atomic E-state index is 12.0. The van der Waals surface area contributed by atoms with Crippen molar-refractivity contribution in [2.75, 3.05) is 18.4 Å². The number of nitrogens with zero attached hydrogens (tertiary/aromatic N) is 3. The Morgan fingerprint density at radius 1 is 1.42 bits per heavy atom. The number of rotatable bonds is 4. The zero-order valence-electron chi connectivity index (χ0n) is 10.3. The molecule has 0 saturated carbocycles. The molecule has 1 amide bonds. The van der Waals surface area contributed by atoms with E-state index in [1.807, 2.05) is 21.7 Å². The van der Waals surface area contributed by atoms with Crippen molar-refractivity contribution in [1.29, 1.82) is 0 Å². The van der Waals surface area contributed by atoms with Gasteiger partial charge >= 0.3 is 0 Å². The summed E-state index contributed by atoms with van der Waals surface area (Å²) in [6.07, 6.45) is 3.90. The number of likely N-dealkylation sites (tertiary alicyclic amines) is 1. The summed E-state index contributed by atoms with van der Waals surface area (Å²) >= 11 is 1.62. The Labute approximate surface area is 115 Å². The van der Waals surface area contributed by atoms with Gasteiger partial charge in [-0.05, 0) is 28.5 Å². The minimum atomic E-state index is 0.186. The summed E-state index contributed by atoms with van der Waals surface area (Å²) in [6, 6.07) is 4.03. The molecule has 0 spiro atoms. The predicted molar refractivity (Wildman–Crippen MR) is 74.0 cm³/mol. The van der Waals surface area contributed by atoms with Crippen LogP contribution in [0.3, 0.4) is 0 Å². The van der Waals surface area contributed by atoms with E-state index in [9.17, 15) is 4.79 Å². The number of aromatic nitrogens is 2. The summed E-state index contributed by atoms with van der Waals surface area (Å²) in [5, 5.41) is 7.22. The van der Waals surface area contributed by atoms with Gasteiger partial charge in [-0.25, -0.2) is 9.97 Å². The molecule has 0 radical (unpaired) electrons. The fraction of sp³-hybridized carbons (Fsp3) is 0.308. The van der Waals surface area contributed by atoms with E-state index in [1.54, 1.807) is 29.8 Å². The third-order valence-electron chi connectivity index (χ3n) is 3.07. The van der Waals surface area contributed by atoms with E-state index in [4.69, 9.17) is 0 Å². The number of hydrogen-bond donors (Lipinski definition) is 1. The van der Waals surface area contributed by atoms with E-state index < -0.39 is 0 Å². The van der Waals surface area contributed by atoms with Gasteiger partial charge in [0, 0.05) is 25.5 Å². The maximum absolute atomic E-state index is 12.0. The largest absolute Gasteiger partial charge is 0.348 e. The van der Waals surface area contributed by atoms with E-state index >= 15 is 0 Å². The molecule has 6 heteroatoms. The Hall–Kier alpha value is -1.95. The Bertz CT molecular complexity index is 537. The van der Waals surface area contributed by atoms with Gasteiger partial charge in [0.25, 0.3) is 0 Å². The standard InChI is InChI=1S/C13H14N4OS/c18-12(6-10-2-5-19-9-10)17-7-11(8-17)16-13-14-3-1-4-15-13/h1-5,9,11H,6-8H2,(H,14,15,16). The van der Waals surface area contributed by atoms with Gasteiger partial charge in [-0.15, -0.1) is 0 Å². The van der Waals surface area contributed by atoms with E-state index in [-0.39, 0.29) is 11.9 Å². The fourth-order valence-electron chi connectivity index (χ4n) is 2.01. The van der Waals surface area contributed by atoms with Crippen molar-refractivity contribution in [3.8, 4) is 0 Å². The van der Waals surface area contributed by atoms with Crippen LogP contribution in [0.15, 0.2) is 35.3 Å². The second-order valence-corrected chi connectivity index (χ2v) is 5.30. The topological polar surface area (TPSA) is 58.1 Å². The zero-order chi connectivity index (χ0) is 13.1. The molecular formula is C13H14N4OS. The molecule has 0 unspecified atom stereocenters. The number of nitrogens with one attached hydrogen (secondary N) is 1. The molecule has 1 saturated heterocycles. The molecule has 1 aliphatic heterocycles. The molecule has 1 aliphatic rings.